The van der Waals surface area contributed by atoms with Crippen LogP contribution in [0.4, 0.5) is 0 Å². The van der Waals surface area contributed by atoms with E-state index in [0.29, 0.717) is 0 Å². The molecule has 4 N–H and O–H groups in total. The summed E-state index contributed by atoms with van der Waals surface area (Å²) in [5.74, 6) is -1.64. The van der Waals surface area contributed by atoms with Crippen molar-refractivity contribution < 1.29 is 14.3 Å². The van der Waals surface area contributed by atoms with Gasteiger partial charge in [0.1, 0.15) is 6.04 Å². The molecule has 0 rings (SSSR count). The summed E-state index contributed by atoms with van der Waals surface area (Å²) in [4.78, 5) is 22.6. The van der Waals surface area contributed by atoms with E-state index < -0.39 is 23.4 Å². The van der Waals surface area contributed by atoms with Gasteiger partial charge in [0.25, 0.3) is 0 Å². The Balaban J connectivity index is 4.70. The largest absolute Gasteiger partial charge is 0.392 e. The lowest BCUT2D eigenvalue weighted by atomic mass is 9.87. The van der Waals surface area contributed by atoms with Gasteiger partial charge < -0.3 is 15.8 Å². The normalized spacial score (nSPS) is 12.8. The molecule has 1 atom stereocenters. The maximum atomic E-state index is 11.6. The molecule has 0 spiro atoms. The van der Waals surface area contributed by atoms with Gasteiger partial charge in [-0.05, 0) is 5.41 Å². The fraction of sp³-hybridized carbons (Fsp3) is 0.700. The van der Waals surface area contributed by atoms with Gasteiger partial charge in [-0.15, -0.1) is 0 Å². The van der Waals surface area contributed by atoms with E-state index in [4.69, 9.17) is 11.1 Å². The first-order valence-electron chi connectivity index (χ1n) is 5.03. The molecule has 0 aromatic rings. The number of hydrogen-bond acceptors (Lipinski definition) is 4. The molecular formula is C10H19N3O3. The van der Waals surface area contributed by atoms with Gasteiger partial charge >= 0.3 is 11.9 Å². The summed E-state index contributed by atoms with van der Waals surface area (Å²) in [5, 5.41) is 9.58. The third-order valence-electron chi connectivity index (χ3n) is 1.90. The first kappa shape index (κ1) is 14.4. The molecule has 0 amide bonds. The molecule has 0 bridgehead atoms. The Bertz CT molecular complexity index is 294. The highest BCUT2D eigenvalue weighted by Crippen LogP contribution is 2.20. The molecule has 0 saturated carbocycles. The van der Waals surface area contributed by atoms with Gasteiger partial charge in [-0.1, -0.05) is 27.7 Å². The third-order valence-corrected chi connectivity index (χ3v) is 1.90. The fourth-order valence-electron chi connectivity index (χ4n) is 1.03. The van der Waals surface area contributed by atoms with Crippen LogP contribution in [-0.2, 0) is 14.3 Å². The molecule has 0 fully saturated rings. The predicted molar refractivity (Wildman–Crippen MR) is 59.7 cm³/mol. The Kier molecular flexibility index (Phi) is 4.94. The summed E-state index contributed by atoms with van der Waals surface area (Å²) in [5.41, 5.74) is 4.67. The molecule has 92 valence electrons. The topological polar surface area (TPSA) is 105 Å². The number of esters is 2. The van der Waals surface area contributed by atoms with Crippen molar-refractivity contribution in [3.8, 4) is 0 Å². The molecule has 0 radical (unpaired) electrons. The van der Waals surface area contributed by atoms with Crippen LogP contribution < -0.4 is 11.1 Å². The SMILES string of the molecule is CCC(=O)OC(=O)C(NC(=N)N)C(C)(C)C. The molecule has 1 unspecified atom stereocenters. The quantitative estimate of drug-likeness (QED) is 0.280. The summed E-state index contributed by atoms with van der Waals surface area (Å²) in [6, 6.07) is -0.819. The van der Waals surface area contributed by atoms with Crippen LogP contribution in [0.3, 0.4) is 0 Å². The smallest absolute Gasteiger partial charge is 0.336 e. The monoisotopic (exact) mass is 229 g/mol. The van der Waals surface area contributed by atoms with E-state index in [0.717, 1.165) is 0 Å². The molecular weight excluding hydrogens is 210 g/mol. The van der Waals surface area contributed by atoms with Crippen molar-refractivity contribution in [1.82, 2.24) is 5.32 Å². The van der Waals surface area contributed by atoms with Crippen molar-refractivity contribution in [2.45, 2.75) is 40.2 Å². The number of carbonyl (C=O) groups excluding carboxylic acids is 2. The van der Waals surface area contributed by atoms with Crippen molar-refractivity contribution >= 4 is 17.9 Å². The zero-order chi connectivity index (χ0) is 12.9. The average molecular weight is 229 g/mol. The van der Waals surface area contributed by atoms with Crippen LogP contribution in [0.2, 0.25) is 0 Å². The molecule has 0 aromatic heterocycles. The van der Waals surface area contributed by atoms with E-state index in [1.807, 2.05) is 0 Å². The van der Waals surface area contributed by atoms with Gasteiger partial charge in [-0.2, -0.15) is 0 Å². The van der Waals surface area contributed by atoms with Gasteiger partial charge in [0, 0.05) is 6.42 Å². The van der Waals surface area contributed by atoms with Gasteiger partial charge in [0.05, 0.1) is 0 Å². The van der Waals surface area contributed by atoms with Crippen LogP contribution in [0.25, 0.3) is 0 Å². The van der Waals surface area contributed by atoms with Crippen LogP contribution in [0.1, 0.15) is 34.1 Å². The molecule has 6 heteroatoms. The molecule has 0 aliphatic carbocycles. The second-order valence-corrected chi connectivity index (χ2v) is 4.50. The van der Waals surface area contributed by atoms with Crippen LogP contribution >= 0.6 is 0 Å². The Labute approximate surface area is 95.0 Å². The van der Waals surface area contributed by atoms with E-state index in [9.17, 15) is 9.59 Å². The minimum atomic E-state index is -0.819. The van der Waals surface area contributed by atoms with Gasteiger partial charge in [0.15, 0.2) is 5.96 Å². The summed E-state index contributed by atoms with van der Waals surface area (Å²) in [7, 11) is 0. The highest BCUT2D eigenvalue weighted by Gasteiger charge is 2.34. The maximum Gasteiger partial charge on any atom is 0.336 e. The van der Waals surface area contributed by atoms with E-state index in [1.165, 1.54) is 0 Å². The molecule has 16 heavy (non-hydrogen) atoms. The highest BCUT2D eigenvalue weighted by atomic mass is 16.6. The lowest BCUT2D eigenvalue weighted by Crippen LogP contribution is -2.52. The Morgan fingerprint density at radius 2 is 1.94 bits per heavy atom. The van der Waals surface area contributed by atoms with Crippen LogP contribution in [0.5, 0.6) is 0 Å². The number of nitrogens with one attached hydrogen (secondary N) is 2. The predicted octanol–water partition coefficient (Wildman–Crippen LogP) is 0.364. The van der Waals surface area contributed by atoms with Gasteiger partial charge in [-0.25, -0.2) is 4.79 Å². The Morgan fingerprint density at radius 1 is 1.44 bits per heavy atom. The number of nitrogens with two attached hydrogens (primary N) is 1. The zero-order valence-corrected chi connectivity index (χ0v) is 10.1. The van der Waals surface area contributed by atoms with Crippen molar-refractivity contribution in [2.75, 3.05) is 0 Å². The van der Waals surface area contributed by atoms with E-state index in [1.54, 1.807) is 27.7 Å². The van der Waals surface area contributed by atoms with Gasteiger partial charge in [-0.3, -0.25) is 10.2 Å². The minimum Gasteiger partial charge on any atom is -0.392 e. The van der Waals surface area contributed by atoms with E-state index >= 15 is 0 Å². The summed E-state index contributed by atoms with van der Waals surface area (Å²) in [6.45, 7) is 6.95. The highest BCUT2D eigenvalue weighted by molar-refractivity contribution is 5.91. The maximum absolute atomic E-state index is 11.6. The first-order chi connectivity index (χ1) is 7.18. The van der Waals surface area contributed by atoms with Crippen LogP contribution in [-0.4, -0.2) is 23.9 Å². The minimum absolute atomic E-state index is 0.128. The number of carbonyl (C=O) groups is 2. The Hall–Kier alpha value is -1.59. The molecule has 0 heterocycles. The fourth-order valence-corrected chi connectivity index (χ4v) is 1.03. The summed E-state index contributed by atoms with van der Waals surface area (Å²) < 4.78 is 4.60. The molecule has 0 saturated heterocycles. The van der Waals surface area contributed by atoms with Crippen molar-refractivity contribution in [2.24, 2.45) is 11.1 Å². The number of rotatable bonds is 3. The lowest BCUT2D eigenvalue weighted by Gasteiger charge is -2.29. The molecule has 0 aliphatic rings. The van der Waals surface area contributed by atoms with Crippen molar-refractivity contribution in [3.63, 3.8) is 0 Å². The van der Waals surface area contributed by atoms with Gasteiger partial charge in [0.2, 0.25) is 0 Å². The summed E-state index contributed by atoms with van der Waals surface area (Å²) >= 11 is 0. The Morgan fingerprint density at radius 3 is 2.25 bits per heavy atom. The number of hydrogen-bond donors (Lipinski definition) is 3. The molecule has 6 nitrogen and oxygen atoms in total. The van der Waals surface area contributed by atoms with Crippen LogP contribution in [0, 0.1) is 10.8 Å². The van der Waals surface area contributed by atoms with Crippen LogP contribution in [0.15, 0.2) is 0 Å². The lowest BCUT2D eigenvalue weighted by molar-refractivity contribution is -0.162. The standard InChI is InChI=1S/C10H19N3O3/c1-5-6(14)16-8(15)7(10(2,3)4)13-9(11)12/h7H,5H2,1-4H3,(H4,11,12,13). The second kappa shape index (κ2) is 5.48. The molecule has 0 aliphatic heterocycles. The second-order valence-electron chi connectivity index (χ2n) is 4.50. The number of ether oxygens (including phenoxy) is 1. The zero-order valence-electron chi connectivity index (χ0n) is 10.1. The number of guanidine groups is 1. The van der Waals surface area contributed by atoms with Crippen molar-refractivity contribution in [1.29, 1.82) is 5.41 Å². The summed E-state index contributed by atoms with van der Waals surface area (Å²) in [6.07, 6.45) is 0.128. The molecule has 0 aromatic carbocycles. The van der Waals surface area contributed by atoms with Crippen molar-refractivity contribution in [3.05, 3.63) is 0 Å². The van der Waals surface area contributed by atoms with E-state index in [-0.39, 0.29) is 12.4 Å². The third kappa shape index (κ3) is 4.77. The first-order valence-corrected chi connectivity index (χ1v) is 5.03. The van der Waals surface area contributed by atoms with E-state index in [2.05, 4.69) is 10.1 Å². The average Bonchev–Trinajstić information content (AvgIpc) is 2.11.